The van der Waals surface area contributed by atoms with Gasteiger partial charge in [0.2, 0.25) is 5.91 Å². The predicted octanol–water partition coefficient (Wildman–Crippen LogP) is 2.79. The number of benzene rings is 1. The molecule has 2 aromatic heterocycles. The standard InChI is InChI=1S/C20H19N3O3/c24-20(6-4-16-2-1-9-25-16)23-12-17-11-15-10-14(3-5-19(15)26-17)18-13-21-7-8-22-18/h1-3,5,7-10,13,17H,4,6,11-12H2,(H,23,24)/t17-/m0/s1. The number of aromatic nitrogens is 2. The first-order valence-electron chi connectivity index (χ1n) is 8.63. The maximum absolute atomic E-state index is 12.0. The van der Waals surface area contributed by atoms with Gasteiger partial charge in [-0.2, -0.15) is 0 Å². The zero-order chi connectivity index (χ0) is 17.8. The van der Waals surface area contributed by atoms with Crippen LogP contribution in [0.25, 0.3) is 11.3 Å². The molecule has 6 heteroatoms. The van der Waals surface area contributed by atoms with Crippen LogP contribution in [0.15, 0.2) is 59.6 Å². The number of aryl methyl sites for hydroxylation is 1. The van der Waals surface area contributed by atoms with Crippen molar-refractivity contribution >= 4 is 5.91 Å². The van der Waals surface area contributed by atoms with Crippen LogP contribution in [0.4, 0.5) is 0 Å². The van der Waals surface area contributed by atoms with E-state index in [4.69, 9.17) is 9.15 Å². The molecule has 0 fully saturated rings. The van der Waals surface area contributed by atoms with Crippen LogP contribution in [0.2, 0.25) is 0 Å². The second-order valence-corrected chi connectivity index (χ2v) is 6.24. The maximum atomic E-state index is 12.0. The van der Waals surface area contributed by atoms with Crippen molar-refractivity contribution in [1.82, 2.24) is 15.3 Å². The van der Waals surface area contributed by atoms with E-state index >= 15 is 0 Å². The van der Waals surface area contributed by atoms with Crippen LogP contribution >= 0.6 is 0 Å². The summed E-state index contributed by atoms with van der Waals surface area (Å²) in [4.78, 5) is 20.4. The van der Waals surface area contributed by atoms with Crippen LogP contribution in [-0.4, -0.2) is 28.5 Å². The first-order chi connectivity index (χ1) is 12.8. The smallest absolute Gasteiger partial charge is 0.220 e. The topological polar surface area (TPSA) is 77.3 Å². The van der Waals surface area contributed by atoms with E-state index in [2.05, 4.69) is 21.4 Å². The van der Waals surface area contributed by atoms with Crippen LogP contribution < -0.4 is 10.1 Å². The summed E-state index contributed by atoms with van der Waals surface area (Å²) in [5, 5.41) is 2.94. The molecule has 0 unspecified atom stereocenters. The van der Waals surface area contributed by atoms with Gasteiger partial charge in [0.25, 0.3) is 0 Å². The first-order valence-corrected chi connectivity index (χ1v) is 8.63. The largest absolute Gasteiger partial charge is 0.488 e. The molecule has 1 atom stereocenters. The highest BCUT2D eigenvalue weighted by Gasteiger charge is 2.23. The van der Waals surface area contributed by atoms with E-state index in [0.29, 0.717) is 19.4 Å². The average molecular weight is 349 g/mol. The van der Waals surface area contributed by atoms with Gasteiger partial charge in [0.05, 0.1) is 24.7 Å². The summed E-state index contributed by atoms with van der Waals surface area (Å²) in [5.41, 5.74) is 2.98. The molecular formula is C20H19N3O3. The summed E-state index contributed by atoms with van der Waals surface area (Å²) in [6, 6.07) is 9.72. The SMILES string of the molecule is O=C(CCc1ccco1)NC[C@@H]1Cc2cc(-c3cnccn3)ccc2O1. The summed E-state index contributed by atoms with van der Waals surface area (Å²) >= 11 is 0. The molecule has 1 aliphatic rings. The Morgan fingerprint density at radius 3 is 3.04 bits per heavy atom. The molecule has 3 aromatic rings. The van der Waals surface area contributed by atoms with Gasteiger partial charge < -0.3 is 14.5 Å². The highest BCUT2D eigenvalue weighted by Crippen LogP contribution is 2.32. The van der Waals surface area contributed by atoms with Gasteiger partial charge in [-0.05, 0) is 35.9 Å². The van der Waals surface area contributed by atoms with Gasteiger partial charge in [0.15, 0.2) is 0 Å². The van der Waals surface area contributed by atoms with Gasteiger partial charge in [-0.3, -0.25) is 14.8 Å². The van der Waals surface area contributed by atoms with Crippen molar-refractivity contribution in [3.05, 3.63) is 66.5 Å². The number of nitrogens with one attached hydrogen (secondary N) is 1. The Kier molecular flexibility index (Phi) is 4.64. The Bertz CT molecular complexity index is 879. The van der Waals surface area contributed by atoms with E-state index in [0.717, 1.165) is 34.8 Å². The summed E-state index contributed by atoms with van der Waals surface area (Å²) in [5.74, 6) is 1.69. The molecule has 4 rings (SSSR count). The third-order valence-electron chi connectivity index (χ3n) is 4.37. The van der Waals surface area contributed by atoms with E-state index in [-0.39, 0.29) is 12.0 Å². The van der Waals surface area contributed by atoms with E-state index < -0.39 is 0 Å². The Morgan fingerprint density at radius 1 is 1.27 bits per heavy atom. The van der Waals surface area contributed by atoms with Gasteiger partial charge in [-0.25, -0.2) is 0 Å². The highest BCUT2D eigenvalue weighted by molar-refractivity contribution is 5.76. The van der Waals surface area contributed by atoms with Crippen LogP contribution in [0.1, 0.15) is 17.7 Å². The fraction of sp³-hybridized carbons (Fsp3) is 0.250. The minimum atomic E-state index is -0.0466. The number of carbonyl (C=O) groups excluding carboxylic acids is 1. The fourth-order valence-corrected chi connectivity index (χ4v) is 3.05. The highest BCUT2D eigenvalue weighted by atomic mass is 16.5. The number of rotatable bonds is 6. The Hall–Kier alpha value is -3.15. The summed E-state index contributed by atoms with van der Waals surface area (Å²) < 4.78 is 11.2. The van der Waals surface area contributed by atoms with Gasteiger partial charge >= 0.3 is 0 Å². The molecule has 0 saturated heterocycles. The van der Waals surface area contributed by atoms with E-state index in [1.165, 1.54) is 0 Å². The Balaban J connectivity index is 1.30. The quantitative estimate of drug-likeness (QED) is 0.740. The lowest BCUT2D eigenvalue weighted by molar-refractivity contribution is -0.121. The number of nitrogens with zero attached hydrogens (tertiary/aromatic N) is 2. The molecule has 0 bridgehead atoms. The lowest BCUT2D eigenvalue weighted by Crippen LogP contribution is -2.34. The van der Waals surface area contributed by atoms with Crippen molar-refractivity contribution in [1.29, 1.82) is 0 Å². The van der Waals surface area contributed by atoms with Gasteiger partial charge in [0, 0.05) is 37.2 Å². The number of carbonyl (C=O) groups is 1. The fourth-order valence-electron chi connectivity index (χ4n) is 3.05. The number of hydrogen-bond donors (Lipinski definition) is 1. The van der Waals surface area contributed by atoms with Crippen LogP contribution in [-0.2, 0) is 17.6 Å². The van der Waals surface area contributed by atoms with Crippen LogP contribution in [0.3, 0.4) is 0 Å². The zero-order valence-corrected chi connectivity index (χ0v) is 14.2. The Morgan fingerprint density at radius 2 is 2.23 bits per heavy atom. The summed E-state index contributed by atoms with van der Waals surface area (Å²) in [6.45, 7) is 0.492. The number of fused-ring (bicyclic) bond motifs is 1. The molecular weight excluding hydrogens is 330 g/mol. The van der Waals surface area contributed by atoms with Crippen LogP contribution in [0, 0.1) is 0 Å². The molecule has 0 radical (unpaired) electrons. The Labute approximate surface area is 151 Å². The molecule has 0 spiro atoms. The lowest BCUT2D eigenvalue weighted by Gasteiger charge is -2.11. The average Bonchev–Trinajstić information content (AvgIpc) is 3.34. The third-order valence-corrected chi connectivity index (χ3v) is 4.37. The molecule has 26 heavy (non-hydrogen) atoms. The molecule has 132 valence electrons. The van der Waals surface area contributed by atoms with Crippen molar-refractivity contribution in [3.63, 3.8) is 0 Å². The van der Waals surface area contributed by atoms with Gasteiger partial charge in [-0.15, -0.1) is 0 Å². The minimum absolute atomic E-state index is 0.00112. The molecule has 6 nitrogen and oxygen atoms in total. The number of hydrogen-bond acceptors (Lipinski definition) is 5. The molecule has 1 N–H and O–H groups in total. The lowest BCUT2D eigenvalue weighted by atomic mass is 10.0. The predicted molar refractivity (Wildman–Crippen MR) is 95.6 cm³/mol. The summed E-state index contributed by atoms with van der Waals surface area (Å²) in [6.07, 6.45) is 8.43. The maximum Gasteiger partial charge on any atom is 0.220 e. The normalized spacial score (nSPS) is 15.3. The van der Waals surface area contributed by atoms with Crippen molar-refractivity contribution < 1.29 is 13.9 Å². The second-order valence-electron chi connectivity index (χ2n) is 6.24. The molecule has 1 amide bonds. The molecule has 1 aliphatic heterocycles. The monoisotopic (exact) mass is 349 g/mol. The minimum Gasteiger partial charge on any atom is -0.488 e. The van der Waals surface area contributed by atoms with E-state index in [1.54, 1.807) is 24.9 Å². The van der Waals surface area contributed by atoms with Crippen molar-refractivity contribution in [2.24, 2.45) is 0 Å². The van der Waals surface area contributed by atoms with E-state index in [1.807, 2.05) is 24.3 Å². The van der Waals surface area contributed by atoms with E-state index in [9.17, 15) is 4.79 Å². The molecule has 0 saturated carbocycles. The van der Waals surface area contributed by atoms with Gasteiger partial charge in [-0.1, -0.05) is 0 Å². The number of amides is 1. The molecule has 0 aliphatic carbocycles. The van der Waals surface area contributed by atoms with Crippen LogP contribution in [0.5, 0.6) is 5.75 Å². The first kappa shape index (κ1) is 16.3. The zero-order valence-electron chi connectivity index (χ0n) is 14.2. The number of ether oxygens (including phenoxy) is 1. The van der Waals surface area contributed by atoms with Crippen molar-refractivity contribution in [2.75, 3.05) is 6.54 Å². The summed E-state index contributed by atoms with van der Waals surface area (Å²) in [7, 11) is 0. The second kappa shape index (κ2) is 7.39. The van der Waals surface area contributed by atoms with Gasteiger partial charge in [0.1, 0.15) is 17.6 Å². The third kappa shape index (κ3) is 3.74. The molecule has 3 heterocycles. The van der Waals surface area contributed by atoms with Crippen molar-refractivity contribution in [3.8, 4) is 17.0 Å². The molecule has 1 aromatic carbocycles. The van der Waals surface area contributed by atoms with Crippen molar-refractivity contribution in [2.45, 2.75) is 25.4 Å². The number of furan rings is 1.